The summed E-state index contributed by atoms with van der Waals surface area (Å²) in [4.78, 5) is 16.2. The molecule has 0 unspecified atom stereocenters. The van der Waals surface area contributed by atoms with Crippen molar-refractivity contribution in [2.24, 2.45) is 0 Å². The minimum Gasteiger partial charge on any atom is -0.310 e. The van der Waals surface area contributed by atoms with Crippen LogP contribution in [0.5, 0.6) is 0 Å². The zero-order valence-electron chi connectivity index (χ0n) is 57.1. The third-order valence-corrected chi connectivity index (χ3v) is 28.8. The number of nitrogens with zero attached hydrogens (tertiary/aromatic N) is 6. The van der Waals surface area contributed by atoms with Crippen molar-refractivity contribution in [3.63, 3.8) is 0 Å². The minimum absolute atomic E-state index is 1.02. The number of benzene rings is 15. The van der Waals surface area contributed by atoms with Crippen LogP contribution in [0.15, 0.2) is 218 Å². The fourth-order valence-electron chi connectivity index (χ4n) is 18.8. The minimum atomic E-state index is -3.37. The Bertz CT molecular complexity index is 5590. The van der Waals surface area contributed by atoms with Gasteiger partial charge in [-0.1, -0.05) is 109 Å². The average Bonchev–Trinajstić information content (AvgIpc) is 0.649. The monoisotopic (exact) mass is 1280 g/mol. The molecule has 6 nitrogen and oxygen atoms in total. The molecular weight excluding hydrogens is 1210 g/mol. The zero-order chi connectivity index (χ0) is 65.8. The van der Waals surface area contributed by atoms with Crippen LogP contribution in [0.4, 0.5) is 102 Å². The summed E-state index contributed by atoms with van der Waals surface area (Å²) < 4.78 is 0. The van der Waals surface area contributed by atoms with Gasteiger partial charge in [0.05, 0.1) is 85.3 Å². The molecular formula is C91H72N6Si. The van der Waals surface area contributed by atoms with Gasteiger partial charge in [0.2, 0.25) is 0 Å². The lowest BCUT2D eigenvalue weighted by Gasteiger charge is -2.56. The van der Waals surface area contributed by atoms with Crippen LogP contribution in [0.1, 0.15) is 69.8 Å². The Morgan fingerprint density at radius 3 is 0.653 bits per heavy atom. The van der Waals surface area contributed by atoms with Crippen molar-refractivity contribution >= 4 is 191 Å². The number of anilines is 18. The molecule has 470 valence electrons. The van der Waals surface area contributed by atoms with E-state index in [0.717, 1.165) is 53.0 Å². The average molecular weight is 1280 g/mol. The van der Waals surface area contributed by atoms with Crippen molar-refractivity contribution in [3.8, 4) is 0 Å². The van der Waals surface area contributed by atoms with Crippen LogP contribution in [-0.2, 0) is 0 Å². The van der Waals surface area contributed by atoms with E-state index < -0.39 is 8.07 Å². The quantitative estimate of drug-likeness (QED) is 0.121. The molecule has 98 heavy (non-hydrogen) atoms. The Hall–Kier alpha value is -11.1. The maximum atomic E-state index is 2.80. The van der Waals surface area contributed by atoms with Crippen molar-refractivity contribution in [1.29, 1.82) is 0 Å². The van der Waals surface area contributed by atoms with Crippen LogP contribution >= 0.6 is 0 Å². The van der Waals surface area contributed by atoms with Gasteiger partial charge in [0.25, 0.3) is 0 Å². The molecule has 15 aromatic rings. The van der Waals surface area contributed by atoms with Crippen LogP contribution in [0.25, 0.3) is 64.6 Å². The van der Waals surface area contributed by atoms with Gasteiger partial charge < -0.3 is 29.4 Å². The third-order valence-electron chi connectivity index (χ3n) is 23.6. The van der Waals surface area contributed by atoms with E-state index >= 15 is 0 Å². The third kappa shape index (κ3) is 7.21. The molecule has 0 fully saturated rings. The number of fused-ring (bicyclic) bond motifs is 9. The highest BCUT2D eigenvalue weighted by molar-refractivity contribution is 7.17. The summed E-state index contributed by atoms with van der Waals surface area (Å²) in [6, 6.07) is 89.1. The molecule has 0 atom stereocenters. The van der Waals surface area contributed by atoms with E-state index in [1.165, 1.54) is 199 Å². The first-order valence-corrected chi connectivity index (χ1v) is 37.4. The summed E-state index contributed by atoms with van der Waals surface area (Å²) in [5.41, 5.74) is 32.7. The second-order valence-corrected chi connectivity index (χ2v) is 33.2. The number of unbranched alkanes of at least 4 members (excludes halogenated alkanes) is 1. The summed E-state index contributed by atoms with van der Waals surface area (Å²) in [6.45, 7) is 22.9. The molecule has 6 aliphatic heterocycles. The molecule has 7 heteroatoms. The number of aryl methyl sites for hydroxylation is 9. The standard InChI is InChI=1S/C91H72N6Si/c1-11-12-37-98-89-83-38-62-41-86(89)96-81-35-23-57(9)69-45-66-54(6)20-32-78(72(66)48-75(69)81)93(60-27-15-51(3)16-28-60)63-39-84(96)90(98)88(43-63)97-82-36-24-58(10)70-46-67-55(7)21-33-79(73(67)49-76(70)82)94(61-29-17-52(4)18-30-61)64-40-85(97)91(98)87(42-64)95(83)80-34-22-56(8)68-44-65-53(5)19-31-77(71(65)47-74(68)80)92(62)59-25-13-50(2)14-26-59/h13-36,38-49H,11-12,37H2,1-10H3. The molecule has 12 bridgehead atoms. The summed E-state index contributed by atoms with van der Waals surface area (Å²) in [5, 5.41) is 19.5. The lowest BCUT2D eigenvalue weighted by atomic mass is 9.92. The van der Waals surface area contributed by atoms with Gasteiger partial charge in [-0.3, -0.25) is 0 Å². The lowest BCUT2D eigenvalue weighted by Crippen LogP contribution is -2.75. The molecule has 0 spiro atoms. The van der Waals surface area contributed by atoms with Crippen LogP contribution in [0.2, 0.25) is 6.04 Å². The van der Waals surface area contributed by atoms with Crippen molar-refractivity contribution in [3.05, 3.63) is 268 Å². The second kappa shape index (κ2) is 19.6. The molecule has 21 rings (SSSR count). The van der Waals surface area contributed by atoms with E-state index in [-0.39, 0.29) is 0 Å². The smallest absolute Gasteiger partial charge is 0.164 e. The van der Waals surface area contributed by atoms with Gasteiger partial charge in [0.15, 0.2) is 8.07 Å². The van der Waals surface area contributed by atoms with E-state index in [0.29, 0.717) is 0 Å². The van der Waals surface area contributed by atoms with Crippen LogP contribution in [0.3, 0.4) is 0 Å². The predicted octanol–water partition coefficient (Wildman–Crippen LogP) is 24.4. The van der Waals surface area contributed by atoms with Gasteiger partial charge in [-0.25, -0.2) is 0 Å². The molecule has 0 aliphatic carbocycles. The Kier molecular flexibility index (Phi) is 11.2. The first-order valence-electron chi connectivity index (χ1n) is 35.2. The van der Waals surface area contributed by atoms with Gasteiger partial charge in [-0.2, -0.15) is 0 Å². The fraction of sp³-hybridized carbons (Fsp3) is 0.143. The largest absolute Gasteiger partial charge is 0.310 e. The van der Waals surface area contributed by atoms with Crippen molar-refractivity contribution in [2.45, 2.75) is 88.1 Å². The first kappa shape index (κ1) is 56.1. The maximum absolute atomic E-state index is 3.37. The molecule has 0 saturated heterocycles. The molecule has 6 aliphatic rings. The predicted molar refractivity (Wildman–Crippen MR) is 421 cm³/mol. The number of rotatable bonds is 6. The van der Waals surface area contributed by atoms with Gasteiger partial charge in [0.1, 0.15) is 0 Å². The summed E-state index contributed by atoms with van der Waals surface area (Å²) in [5.74, 6) is 0. The molecule has 15 aromatic carbocycles. The van der Waals surface area contributed by atoms with Crippen molar-refractivity contribution < 1.29 is 0 Å². The van der Waals surface area contributed by atoms with Crippen molar-refractivity contribution in [2.75, 3.05) is 29.4 Å². The van der Waals surface area contributed by atoms with E-state index in [1.807, 2.05) is 0 Å². The highest BCUT2D eigenvalue weighted by Gasteiger charge is 2.60. The summed E-state index contributed by atoms with van der Waals surface area (Å²) in [6.07, 6.45) is 2.12. The molecule has 0 radical (unpaired) electrons. The van der Waals surface area contributed by atoms with Crippen LogP contribution < -0.4 is 45.0 Å². The molecule has 6 heterocycles. The molecule has 0 N–H and O–H groups in total. The zero-order valence-corrected chi connectivity index (χ0v) is 58.1. The van der Waals surface area contributed by atoms with Gasteiger partial charge in [-0.15, -0.1) is 0 Å². The van der Waals surface area contributed by atoms with Gasteiger partial charge in [-0.05, 0) is 295 Å². The second-order valence-electron chi connectivity index (χ2n) is 29.3. The Morgan fingerprint density at radius 1 is 0.214 bits per heavy atom. The lowest BCUT2D eigenvalue weighted by molar-refractivity contribution is 0.873. The molecule has 0 saturated carbocycles. The number of hydrogen-bond acceptors (Lipinski definition) is 6. The van der Waals surface area contributed by atoms with Gasteiger partial charge >= 0.3 is 0 Å². The summed E-state index contributed by atoms with van der Waals surface area (Å²) in [7, 11) is -3.37. The highest BCUT2D eigenvalue weighted by Crippen LogP contribution is 2.62. The van der Waals surface area contributed by atoms with E-state index in [1.54, 1.807) is 0 Å². The Labute approximate surface area is 573 Å². The topological polar surface area (TPSA) is 19.4 Å². The highest BCUT2D eigenvalue weighted by atomic mass is 28.3. The van der Waals surface area contributed by atoms with E-state index in [4.69, 9.17) is 0 Å². The van der Waals surface area contributed by atoms with Crippen molar-refractivity contribution in [1.82, 2.24) is 0 Å². The maximum Gasteiger partial charge on any atom is 0.164 e. The van der Waals surface area contributed by atoms with E-state index in [9.17, 15) is 0 Å². The molecule has 0 amide bonds. The normalized spacial score (nSPS) is 14.5. The van der Waals surface area contributed by atoms with Gasteiger partial charge in [0, 0.05) is 49.4 Å². The fourth-order valence-corrected chi connectivity index (χ4v) is 24.9. The Morgan fingerprint density at radius 2 is 0.429 bits per heavy atom. The SMILES string of the molecule is CCCC[Si]12c3c4cc5cc3N3c6cc(cc(c61)N1c6cc(cc(c62)N4c2ccc(C)c4cc6c(C)ccc(c6cc24)N5c2ccc(C)cc2)N(c2ccc(C)cc2)c2ccc(C)c4cc5c(C)ccc1c5cc24)N(c1ccc(C)cc1)c1ccc(C)c2cc4c(C)ccc3c4cc12. The number of hydrogen-bond donors (Lipinski definition) is 0. The van der Waals surface area contributed by atoms with E-state index in [2.05, 4.69) is 317 Å². The molecule has 0 aromatic heterocycles. The van der Waals surface area contributed by atoms with Crippen LogP contribution in [-0.4, -0.2) is 8.07 Å². The summed E-state index contributed by atoms with van der Waals surface area (Å²) >= 11 is 0. The first-order chi connectivity index (χ1) is 47.7. The van der Waals surface area contributed by atoms with Crippen LogP contribution in [0, 0.1) is 62.3 Å². The Balaban J connectivity index is 1.04.